The van der Waals surface area contributed by atoms with Gasteiger partial charge in [-0.3, -0.25) is 0 Å². The molecule has 0 radical (unpaired) electrons. The third kappa shape index (κ3) is 4.92. The van der Waals surface area contributed by atoms with Crippen LogP contribution >= 0.6 is 0 Å². The molecule has 6 aliphatic rings. The van der Waals surface area contributed by atoms with Crippen LogP contribution in [0.1, 0.15) is 124 Å². The molecule has 224 valence electrons. The van der Waals surface area contributed by atoms with Crippen LogP contribution in [0.15, 0.2) is 115 Å². The molecule has 0 spiro atoms. The van der Waals surface area contributed by atoms with Crippen LogP contribution in [0.5, 0.6) is 0 Å². The molecule has 4 unspecified atom stereocenters. The monoisotopic (exact) mass is 595 g/mol. The molecule has 11 rings (SSSR count). The van der Waals surface area contributed by atoms with Crippen molar-refractivity contribution in [1.29, 1.82) is 0 Å². The van der Waals surface area contributed by atoms with Gasteiger partial charge in [0.15, 0.2) is 0 Å². The van der Waals surface area contributed by atoms with E-state index in [0.717, 1.165) is 35.1 Å². The number of nitrogens with zero attached hydrogens (tertiary/aromatic N) is 1. The van der Waals surface area contributed by atoms with Gasteiger partial charge in [-0.2, -0.15) is 0 Å². The number of hydrogen-bond donors (Lipinski definition) is 0. The van der Waals surface area contributed by atoms with E-state index in [1.54, 1.807) is 0 Å². The lowest BCUT2D eigenvalue weighted by molar-refractivity contribution is 0.527. The van der Waals surface area contributed by atoms with Gasteiger partial charge >= 0.3 is 0 Å². The Morgan fingerprint density at radius 2 is 0.822 bits per heavy atom. The minimum absolute atomic E-state index is 0.286. The van der Waals surface area contributed by atoms with Gasteiger partial charge in [-0.1, -0.05) is 85.5 Å². The molecule has 0 heterocycles. The quantitative estimate of drug-likeness (QED) is 0.195. The second kappa shape index (κ2) is 11.4. The number of hydrogen-bond acceptors (Lipinski definition) is 1. The molecule has 6 aliphatic carbocycles. The average Bonchev–Trinajstić information content (AvgIpc) is 3.73. The lowest BCUT2D eigenvalue weighted by Crippen LogP contribution is -2.11. The fourth-order valence-electron chi connectivity index (χ4n) is 8.96. The van der Waals surface area contributed by atoms with Gasteiger partial charge in [0.05, 0.1) is 13.7 Å². The maximum atomic E-state index is 9.07. The lowest BCUT2D eigenvalue weighted by atomic mass is 9.77. The van der Waals surface area contributed by atoms with Crippen LogP contribution in [0, 0.1) is 0 Å². The van der Waals surface area contributed by atoms with Crippen LogP contribution in [0.2, 0.25) is 0 Å². The van der Waals surface area contributed by atoms with Crippen LogP contribution in [0.4, 0.5) is 17.1 Å². The summed E-state index contributed by atoms with van der Waals surface area (Å²) in [4.78, 5) is 1.30. The average molecular weight is 596 g/mol. The topological polar surface area (TPSA) is 3.24 Å². The largest absolute Gasteiger partial charge is 0.310 e. The van der Waals surface area contributed by atoms with E-state index >= 15 is 0 Å². The molecule has 0 aromatic heterocycles. The van der Waals surface area contributed by atoms with E-state index in [4.69, 9.17) is 13.7 Å². The Bertz CT molecular complexity index is 2180. The Labute approximate surface area is 283 Å². The zero-order valence-electron chi connectivity index (χ0n) is 35.5. The van der Waals surface area contributed by atoms with Gasteiger partial charge in [0, 0.05) is 17.1 Å². The maximum absolute atomic E-state index is 9.07. The third-order valence-corrected chi connectivity index (χ3v) is 11.1. The van der Waals surface area contributed by atoms with Gasteiger partial charge in [0.1, 0.15) is 0 Å². The molecule has 2 fully saturated rings. The molecular weight excluding hydrogens is 542 g/mol. The van der Waals surface area contributed by atoms with E-state index in [1.165, 1.54) is 78.5 Å². The zero-order chi connectivity index (χ0) is 38.4. The standard InChI is InChI=1S/C44H43N/c1-3-13-38(14-4-1)45(39-15-5-2-6-16-39)40-26-36(34-21-23-41-30-9-7-11-32(19-17-30)43(41)28-34)25-37(27-40)35-22-24-42-31-10-8-12-33(20-18-31)44(42)29-35/h1-6,13-16,21-33H,7-12,17-20H2/i1D,2D,3D,4D,5D,6D,13D,14D,15D,16D. The molecule has 1 heteroatoms. The van der Waals surface area contributed by atoms with E-state index < -0.39 is 60.4 Å². The van der Waals surface area contributed by atoms with E-state index in [-0.39, 0.29) is 11.4 Å². The predicted octanol–water partition coefficient (Wildman–Crippen LogP) is 12.8. The highest BCUT2D eigenvalue weighted by atomic mass is 15.1. The molecule has 5 aromatic rings. The summed E-state index contributed by atoms with van der Waals surface area (Å²) in [5.74, 6) is 2.10. The van der Waals surface area contributed by atoms with Gasteiger partial charge < -0.3 is 4.90 Å². The number of fused-ring (bicyclic) bond motifs is 6. The van der Waals surface area contributed by atoms with E-state index in [9.17, 15) is 0 Å². The Hall–Kier alpha value is -4.10. The van der Waals surface area contributed by atoms with Crippen LogP contribution in [0.3, 0.4) is 0 Å². The van der Waals surface area contributed by atoms with Crippen molar-refractivity contribution >= 4 is 17.1 Å². The molecule has 5 aromatic carbocycles. The van der Waals surface area contributed by atoms with Crippen molar-refractivity contribution in [3.8, 4) is 22.3 Å². The summed E-state index contributed by atoms with van der Waals surface area (Å²) in [6, 6.07) is 13.7. The Morgan fingerprint density at radius 1 is 0.400 bits per heavy atom. The number of para-hydroxylation sites is 2. The summed E-state index contributed by atoms with van der Waals surface area (Å²) in [6.07, 6.45) is 11.9. The molecule has 0 aliphatic heterocycles. The molecule has 4 bridgehead atoms. The predicted molar refractivity (Wildman–Crippen MR) is 189 cm³/mol. The molecule has 1 nitrogen and oxygen atoms in total. The van der Waals surface area contributed by atoms with Crippen molar-refractivity contribution in [3.05, 3.63) is 137 Å². The van der Waals surface area contributed by atoms with Crippen molar-refractivity contribution in [3.63, 3.8) is 0 Å². The maximum Gasteiger partial charge on any atom is 0.0645 e. The van der Waals surface area contributed by atoms with Crippen molar-refractivity contribution in [2.24, 2.45) is 0 Å². The summed E-state index contributed by atoms with van der Waals surface area (Å²) in [5, 5.41) is 0. The summed E-state index contributed by atoms with van der Waals surface area (Å²) in [5.41, 5.74) is 8.99. The molecule has 2 saturated carbocycles. The highest BCUT2D eigenvalue weighted by Crippen LogP contribution is 2.50. The lowest BCUT2D eigenvalue weighted by Gasteiger charge is -2.29. The van der Waals surface area contributed by atoms with Crippen molar-refractivity contribution in [2.75, 3.05) is 4.90 Å². The molecule has 0 saturated heterocycles. The zero-order valence-corrected chi connectivity index (χ0v) is 25.5. The Morgan fingerprint density at radius 3 is 1.27 bits per heavy atom. The van der Waals surface area contributed by atoms with Crippen LogP contribution in [-0.4, -0.2) is 0 Å². The van der Waals surface area contributed by atoms with Gasteiger partial charge in [0.2, 0.25) is 0 Å². The van der Waals surface area contributed by atoms with Crippen molar-refractivity contribution in [2.45, 2.75) is 87.9 Å². The fraction of sp³-hybridized carbons (Fsp3) is 0.318. The molecular formula is C44H43N. The second-order valence-corrected chi connectivity index (χ2v) is 13.5. The summed E-state index contributed by atoms with van der Waals surface area (Å²) < 4.78 is 87.3. The van der Waals surface area contributed by atoms with Crippen LogP contribution in [0.25, 0.3) is 22.3 Å². The number of rotatable bonds is 5. The van der Waals surface area contributed by atoms with Gasteiger partial charge in [-0.25, -0.2) is 0 Å². The smallest absolute Gasteiger partial charge is 0.0645 e. The first-order valence-electron chi connectivity index (χ1n) is 21.8. The molecule has 0 amide bonds. The first kappa shape index (κ1) is 18.8. The summed E-state index contributed by atoms with van der Waals surface area (Å²) >= 11 is 0. The Kier molecular flexibility index (Phi) is 4.74. The SMILES string of the molecule is [2H]c1c([2H])c([2H])c(N(c2cc(-c3ccc4c(c3)C3CCCC4CC3)cc(-c3ccc4c(c3)C3CCCC4CC3)c2)c2c([2H])c([2H])c([2H])c([2H])c2[2H])c([2H])c1[2H]. The van der Waals surface area contributed by atoms with Crippen molar-refractivity contribution < 1.29 is 13.7 Å². The van der Waals surface area contributed by atoms with Gasteiger partial charge in [-0.05, 0) is 162 Å². The van der Waals surface area contributed by atoms with Gasteiger partial charge in [0.25, 0.3) is 0 Å². The van der Waals surface area contributed by atoms with Crippen molar-refractivity contribution in [1.82, 2.24) is 0 Å². The Balaban J connectivity index is 1.33. The first-order chi connectivity index (χ1) is 26.4. The molecule has 4 atom stereocenters. The second-order valence-electron chi connectivity index (χ2n) is 13.5. The minimum Gasteiger partial charge on any atom is -0.310 e. The highest BCUT2D eigenvalue weighted by molar-refractivity contribution is 5.85. The van der Waals surface area contributed by atoms with Gasteiger partial charge in [-0.15, -0.1) is 0 Å². The van der Waals surface area contributed by atoms with E-state index in [0.29, 0.717) is 29.4 Å². The number of benzene rings is 5. The van der Waals surface area contributed by atoms with Crippen LogP contribution < -0.4 is 4.90 Å². The fourth-order valence-corrected chi connectivity index (χ4v) is 8.96. The summed E-state index contributed by atoms with van der Waals surface area (Å²) in [7, 11) is 0. The third-order valence-electron chi connectivity index (χ3n) is 11.1. The van der Waals surface area contributed by atoms with Crippen LogP contribution in [-0.2, 0) is 0 Å². The molecule has 45 heavy (non-hydrogen) atoms. The van der Waals surface area contributed by atoms with E-state index in [2.05, 4.69) is 42.5 Å². The minimum atomic E-state index is -0.577. The number of anilines is 3. The normalized spacial score (nSPS) is 26.2. The highest BCUT2D eigenvalue weighted by Gasteiger charge is 2.32. The first-order valence-corrected chi connectivity index (χ1v) is 16.8. The summed E-state index contributed by atoms with van der Waals surface area (Å²) in [6.45, 7) is 0. The molecule has 0 N–H and O–H groups in total. The van der Waals surface area contributed by atoms with E-state index in [1.807, 2.05) is 12.1 Å².